The molecule has 0 aromatic heterocycles. The Labute approximate surface area is 102 Å². The molecule has 7 heteroatoms. The van der Waals surface area contributed by atoms with E-state index in [2.05, 4.69) is 23.2 Å². The minimum atomic E-state index is -4.69. The van der Waals surface area contributed by atoms with Gasteiger partial charge in [0, 0.05) is 12.6 Å². The Morgan fingerprint density at radius 1 is 1.24 bits per heavy atom. The van der Waals surface area contributed by atoms with Gasteiger partial charge in [-0.15, -0.1) is 0 Å². The molecule has 0 atom stereocenters. The van der Waals surface area contributed by atoms with Gasteiger partial charge in [0.25, 0.3) is 0 Å². The maximum Gasteiger partial charge on any atom is 0.191 e. The highest BCUT2D eigenvalue weighted by Gasteiger charge is 1.98. The lowest BCUT2D eigenvalue weighted by Gasteiger charge is -2.03. The van der Waals surface area contributed by atoms with E-state index >= 15 is 0 Å². The number of halogens is 1. The van der Waals surface area contributed by atoms with E-state index in [1.54, 1.807) is 13.3 Å². The van der Waals surface area contributed by atoms with Crippen molar-refractivity contribution in [3.05, 3.63) is 36.6 Å². The molecule has 0 aliphatic carbocycles. The molecule has 6 nitrogen and oxygen atoms in total. The zero-order valence-corrected chi connectivity index (χ0v) is 10.0. The summed E-state index contributed by atoms with van der Waals surface area (Å²) in [6.07, 6.45) is 13.6. The molecule has 0 amide bonds. The average Bonchev–Trinajstić information content (AvgIpc) is 2.23. The smallest absolute Gasteiger partial charge is 0.191 e. The molecular weight excluding hydrogens is 250 g/mol. The third-order valence-corrected chi connectivity index (χ3v) is 1.52. The van der Waals surface area contributed by atoms with Gasteiger partial charge in [0.2, 0.25) is 0 Å². The van der Waals surface area contributed by atoms with Crippen molar-refractivity contribution in [1.82, 2.24) is 0 Å². The van der Waals surface area contributed by atoms with E-state index in [1.165, 1.54) is 0 Å². The summed E-state index contributed by atoms with van der Waals surface area (Å²) in [7, 11) is -3.05. The molecule has 0 saturated heterocycles. The monoisotopic (exact) mass is 263 g/mol. The van der Waals surface area contributed by atoms with Gasteiger partial charge in [-0.2, -0.15) is 14.0 Å². The summed E-state index contributed by atoms with van der Waals surface area (Å²) in [4.78, 5) is 4.11. The van der Waals surface area contributed by atoms with Crippen molar-refractivity contribution in [1.29, 1.82) is 0 Å². The summed E-state index contributed by atoms with van der Waals surface area (Å²) in [6, 6.07) is 0. The number of methoxy groups -OCH3 is 1. The molecule has 1 aliphatic rings. The Bertz CT molecular complexity index is 311. The fourth-order valence-electron chi connectivity index (χ4n) is 0.881. The van der Waals surface area contributed by atoms with Crippen LogP contribution in [0.15, 0.2) is 41.6 Å². The number of hydrogen-bond acceptors (Lipinski definition) is 6. The van der Waals surface area contributed by atoms with Crippen molar-refractivity contribution in [3.63, 3.8) is 0 Å². The number of allylic oxidation sites excluding steroid dienone is 4. The molecule has 1 aliphatic heterocycles. The fraction of sp³-hybridized carbons (Fsp3) is 0.300. The summed E-state index contributed by atoms with van der Waals surface area (Å²) < 4.78 is 37.8. The summed E-state index contributed by atoms with van der Waals surface area (Å²) in [6.45, 7) is 0. The van der Waals surface area contributed by atoms with Gasteiger partial charge in [-0.3, -0.25) is 0 Å². The van der Waals surface area contributed by atoms with E-state index < -0.39 is 10.2 Å². The summed E-state index contributed by atoms with van der Waals surface area (Å²) >= 11 is 0. The molecule has 1 rings (SSSR count). The van der Waals surface area contributed by atoms with Gasteiger partial charge in [-0.25, -0.2) is 4.99 Å². The van der Waals surface area contributed by atoms with Gasteiger partial charge in [-0.05, 0) is 12.5 Å². The van der Waals surface area contributed by atoms with Gasteiger partial charge in [0.1, 0.15) is 0 Å². The first kappa shape index (κ1) is 15.8. The number of rotatable bonds is 0. The number of ether oxygens (including phenoxy) is 1. The molecule has 0 aromatic carbocycles. The van der Waals surface area contributed by atoms with Crippen molar-refractivity contribution in [2.24, 2.45) is 4.99 Å². The van der Waals surface area contributed by atoms with Crippen molar-refractivity contribution >= 4 is 5.90 Å². The molecule has 17 heavy (non-hydrogen) atoms. The summed E-state index contributed by atoms with van der Waals surface area (Å²) in [5.74, 6) is 0.748. The van der Waals surface area contributed by atoms with E-state index in [0.717, 1.165) is 18.7 Å². The molecule has 96 valence electrons. The van der Waals surface area contributed by atoms with Crippen LogP contribution in [-0.2, 0) is 4.74 Å². The molecule has 1 heterocycles. The Hall–Kier alpha value is -1.18. The molecule has 0 fully saturated rings. The van der Waals surface area contributed by atoms with Crippen LogP contribution in [0, 0.1) is 10.2 Å². The van der Waals surface area contributed by atoms with E-state index in [1.807, 2.05) is 12.2 Å². The first-order chi connectivity index (χ1) is 7.93. The second-order valence-corrected chi connectivity index (χ2v) is 3.60. The molecule has 1 N–H and O–H groups in total. The Balaban J connectivity index is 0.000000437. The van der Waals surface area contributed by atoms with Gasteiger partial charge < -0.3 is 4.74 Å². The van der Waals surface area contributed by atoms with Gasteiger partial charge in [-0.1, -0.05) is 24.3 Å². The highest BCUT2D eigenvalue weighted by atomic mass is 35.7. The molecule has 0 saturated carbocycles. The summed E-state index contributed by atoms with van der Waals surface area (Å²) in [5.41, 5.74) is 0. The van der Waals surface area contributed by atoms with E-state index in [0.29, 0.717) is 0 Å². The van der Waals surface area contributed by atoms with Crippen LogP contribution in [0.4, 0.5) is 0 Å². The predicted molar refractivity (Wildman–Crippen MR) is 53.3 cm³/mol. The molecule has 0 bridgehead atoms. The van der Waals surface area contributed by atoms with Crippen LogP contribution in [-0.4, -0.2) is 17.7 Å². The van der Waals surface area contributed by atoms with Crippen molar-refractivity contribution in [3.8, 4) is 0 Å². The highest BCUT2D eigenvalue weighted by Crippen LogP contribution is 1.97. The van der Waals surface area contributed by atoms with Crippen LogP contribution < -0.4 is 14.0 Å². The third-order valence-electron chi connectivity index (χ3n) is 1.52. The molecular formula is C10H14ClNO5. The van der Waals surface area contributed by atoms with Crippen molar-refractivity contribution in [2.75, 3.05) is 7.11 Å². The lowest BCUT2D eigenvalue weighted by Crippen LogP contribution is -2.58. The topological polar surface area (TPSA) is 111 Å². The van der Waals surface area contributed by atoms with E-state index in [9.17, 15) is 0 Å². The molecule has 0 aromatic rings. The van der Waals surface area contributed by atoms with Crippen LogP contribution in [0.3, 0.4) is 0 Å². The van der Waals surface area contributed by atoms with Crippen LogP contribution >= 0.6 is 0 Å². The zero-order chi connectivity index (χ0) is 13.1. The van der Waals surface area contributed by atoms with Gasteiger partial charge in [0.15, 0.2) is 5.90 Å². The van der Waals surface area contributed by atoms with Crippen molar-refractivity contribution in [2.45, 2.75) is 12.8 Å². The first-order valence-corrected chi connectivity index (χ1v) is 5.90. The van der Waals surface area contributed by atoms with Gasteiger partial charge >= 0.3 is 0 Å². The van der Waals surface area contributed by atoms with E-state index in [4.69, 9.17) is 23.4 Å². The Morgan fingerprint density at radius 3 is 2.47 bits per heavy atom. The van der Waals surface area contributed by atoms with E-state index in [-0.39, 0.29) is 0 Å². The average molecular weight is 264 g/mol. The zero-order valence-electron chi connectivity index (χ0n) is 9.28. The number of aliphatic imine (C=N–C) groups is 1. The fourth-order valence-corrected chi connectivity index (χ4v) is 0.881. The van der Waals surface area contributed by atoms with Crippen LogP contribution in [0.1, 0.15) is 12.8 Å². The maximum absolute atomic E-state index is 8.60. The number of nitrogens with zero attached hydrogens (tertiary/aromatic N) is 1. The lowest BCUT2D eigenvalue weighted by atomic mass is 10.3. The molecule has 0 unspecified atom stereocenters. The second kappa shape index (κ2) is 8.91. The standard InChI is InChI=1S/C10H13NO.ClHO4/c1-12-10-8-6-4-2-3-5-7-9-11-10;2-1(3,4)5/h3-7,9H,2,8H2,1H3;(H,2,3,4,5)/b5-3-,6-4+,9-7+,11-10?;. The predicted octanol–water partition coefficient (Wildman–Crippen LogP) is -1.67. The minimum Gasteiger partial charge on any atom is -0.484 e. The van der Waals surface area contributed by atoms with Crippen LogP contribution in [0.25, 0.3) is 0 Å². The Kier molecular flexibility index (Phi) is 8.29. The second-order valence-electron chi connectivity index (χ2n) is 2.80. The lowest BCUT2D eigenvalue weighted by molar-refractivity contribution is -1.92. The third kappa shape index (κ3) is 14.8. The number of hydrogen-bond donors (Lipinski definition) is 1. The minimum absolute atomic E-state index is 0.748. The Morgan fingerprint density at radius 2 is 1.88 bits per heavy atom. The van der Waals surface area contributed by atoms with Crippen LogP contribution in [0.5, 0.6) is 0 Å². The first-order valence-electron chi connectivity index (χ1n) is 4.64. The van der Waals surface area contributed by atoms with Gasteiger partial charge in [0.05, 0.1) is 22.0 Å². The van der Waals surface area contributed by atoms with Crippen LogP contribution in [0.2, 0.25) is 0 Å². The quantitative estimate of drug-likeness (QED) is 0.525. The maximum atomic E-state index is 8.60. The summed E-state index contributed by atoms with van der Waals surface area (Å²) in [5, 5.41) is 0. The largest absolute Gasteiger partial charge is 0.484 e. The SMILES string of the molecule is COC1=N/C=C/C=C\C/C=C/C1.[O-][Cl+3]([O-])([O-])O. The van der Waals surface area contributed by atoms with Crippen molar-refractivity contribution < 1.29 is 33.6 Å². The highest BCUT2D eigenvalue weighted by molar-refractivity contribution is 5.78. The molecule has 0 spiro atoms. The normalized spacial score (nSPS) is 21.4. The molecule has 0 radical (unpaired) electrons.